The molecule has 6 nitrogen and oxygen atoms in total. The Bertz CT molecular complexity index is 659. The number of carbonyl (C=O) groups excluding carboxylic acids is 1. The summed E-state index contributed by atoms with van der Waals surface area (Å²) >= 11 is 11.8. The molecule has 21 heavy (non-hydrogen) atoms. The van der Waals surface area contributed by atoms with E-state index in [9.17, 15) is 4.79 Å². The highest BCUT2D eigenvalue weighted by Crippen LogP contribution is 2.32. The molecule has 0 unspecified atom stereocenters. The van der Waals surface area contributed by atoms with Gasteiger partial charge in [-0.15, -0.1) is 0 Å². The zero-order chi connectivity index (χ0) is 15.4. The number of nitrogens with one attached hydrogen (secondary N) is 1. The number of amides is 1. The molecule has 1 aromatic carbocycles. The third-order valence-corrected chi connectivity index (χ3v) is 3.21. The minimum atomic E-state index is -0.468. The Morgan fingerprint density at radius 3 is 2.38 bits per heavy atom. The number of hydrogen-bond acceptors (Lipinski definition) is 5. The van der Waals surface area contributed by atoms with Crippen molar-refractivity contribution < 1.29 is 14.3 Å². The third kappa shape index (κ3) is 3.17. The lowest BCUT2D eigenvalue weighted by Gasteiger charge is -2.13. The first-order valence-corrected chi connectivity index (χ1v) is 6.52. The largest absolute Gasteiger partial charge is 0.493 e. The van der Waals surface area contributed by atoms with Crippen molar-refractivity contribution in [3.8, 4) is 11.5 Å². The first-order valence-electron chi connectivity index (χ1n) is 5.76. The topological polar surface area (TPSA) is 73.3 Å². The second-order valence-corrected chi connectivity index (χ2v) is 4.54. The summed E-state index contributed by atoms with van der Waals surface area (Å²) in [5.74, 6) is 0.276. The van der Waals surface area contributed by atoms with Crippen LogP contribution in [0.25, 0.3) is 0 Å². The van der Waals surface area contributed by atoms with Gasteiger partial charge in [0.05, 0.1) is 19.8 Å². The molecular formula is C13H11Cl2N3O3. The summed E-state index contributed by atoms with van der Waals surface area (Å²) < 4.78 is 10.3. The van der Waals surface area contributed by atoms with Crippen LogP contribution in [0.15, 0.2) is 24.5 Å². The second kappa shape index (κ2) is 6.60. The predicted octanol–water partition coefficient (Wildman–Crippen LogP) is 3.05. The molecule has 1 aromatic heterocycles. The maximum absolute atomic E-state index is 12.3. The van der Waals surface area contributed by atoms with Crippen molar-refractivity contribution in [1.29, 1.82) is 0 Å². The number of para-hydroxylation sites is 1. The average Bonchev–Trinajstić information content (AvgIpc) is 2.49. The van der Waals surface area contributed by atoms with Crippen molar-refractivity contribution >= 4 is 34.8 Å². The number of benzene rings is 1. The van der Waals surface area contributed by atoms with Crippen molar-refractivity contribution in [2.45, 2.75) is 0 Å². The van der Waals surface area contributed by atoms with E-state index < -0.39 is 5.91 Å². The first kappa shape index (κ1) is 15.3. The summed E-state index contributed by atoms with van der Waals surface area (Å²) in [4.78, 5) is 19.9. The highest BCUT2D eigenvalue weighted by molar-refractivity contribution is 6.38. The molecule has 1 heterocycles. The summed E-state index contributed by atoms with van der Waals surface area (Å²) in [6.45, 7) is 0. The zero-order valence-corrected chi connectivity index (χ0v) is 12.7. The van der Waals surface area contributed by atoms with Gasteiger partial charge in [-0.1, -0.05) is 29.3 Å². The Balaban J connectivity index is 2.37. The maximum atomic E-state index is 12.3. The van der Waals surface area contributed by atoms with Gasteiger partial charge in [-0.25, -0.2) is 9.97 Å². The van der Waals surface area contributed by atoms with Crippen molar-refractivity contribution in [2.24, 2.45) is 0 Å². The Kier molecular flexibility index (Phi) is 4.82. The normalized spacial score (nSPS) is 10.1. The summed E-state index contributed by atoms with van der Waals surface area (Å²) in [6.07, 6.45) is 1.20. The quantitative estimate of drug-likeness (QED) is 0.873. The lowest BCUT2D eigenvalue weighted by molar-refractivity contribution is 0.102. The molecule has 0 aliphatic rings. The zero-order valence-electron chi connectivity index (χ0n) is 11.2. The van der Waals surface area contributed by atoms with Gasteiger partial charge in [0.2, 0.25) is 0 Å². The van der Waals surface area contributed by atoms with Gasteiger partial charge in [0, 0.05) is 0 Å². The second-order valence-electron chi connectivity index (χ2n) is 3.83. The molecule has 1 N–H and O–H groups in total. The van der Waals surface area contributed by atoms with E-state index in [1.54, 1.807) is 18.2 Å². The van der Waals surface area contributed by atoms with Crippen molar-refractivity contribution in [3.05, 3.63) is 40.4 Å². The first-order chi connectivity index (χ1) is 10.1. The van der Waals surface area contributed by atoms with E-state index in [4.69, 9.17) is 32.7 Å². The molecule has 8 heteroatoms. The fourth-order valence-electron chi connectivity index (χ4n) is 1.69. The van der Waals surface area contributed by atoms with Crippen LogP contribution in [0.1, 0.15) is 10.4 Å². The van der Waals surface area contributed by atoms with E-state index in [1.165, 1.54) is 20.5 Å². The number of rotatable bonds is 4. The van der Waals surface area contributed by atoms with Gasteiger partial charge in [0.25, 0.3) is 5.91 Å². The summed E-state index contributed by atoms with van der Waals surface area (Å²) in [7, 11) is 2.93. The molecular weight excluding hydrogens is 317 g/mol. The van der Waals surface area contributed by atoms with E-state index in [2.05, 4.69) is 15.3 Å². The average molecular weight is 328 g/mol. The highest BCUT2D eigenvalue weighted by Gasteiger charge is 2.19. The number of halogens is 2. The van der Waals surface area contributed by atoms with Crippen molar-refractivity contribution in [2.75, 3.05) is 19.5 Å². The van der Waals surface area contributed by atoms with Crippen molar-refractivity contribution in [1.82, 2.24) is 9.97 Å². The van der Waals surface area contributed by atoms with Gasteiger partial charge < -0.3 is 14.8 Å². The number of nitrogens with zero attached hydrogens (tertiary/aromatic N) is 2. The molecule has 0 fully saturated rings. The number of anilines is 1. The summed E-state index contributed by atoms with van der Waals surface area (Å²) in [5, 5.41) is 2.65. The van der Waals surface area contributed by atoms with E-state index in [0.717, 1.165) is 0 Å². The standard InChI is InChI=1S/C13H11Cl2N3O3/c1-20-8-5-3-4-7(10(8)21-2)13(19)18-9-11(14)16-6-17-12(9)15/h3-6H,1-2H3,(H,18,19). The van der Waals surface area contributed by atoms with Crippen LogP contribution in [0.5, 0.6) is 11.5 Å². The summed E-state index contributed by atoms with van der Waals surface area (Å²) in [5.41, 5.74) is 0.406. The van der Waals surface area contributed by atoms with Crippen LogP contribution < -0.4 is 14.8 Å². The Morgan fingerprint density at radius 1 is 1.14 bits per heavy atom. The van der Waals surface area contributed by atoms with Crippen LogP contribution in [0, 0.1) is 0 Å². The van der Waals surface area contributed by atoms with Crippen LogP contribution in [0.2, 0.25) is 10.3 Å². The summed E-state index contributed by atoms with van der Waals surface area (Å²) in [6, 6.07) is 4.93. The van der Waals surface area contributed by atoms with E-state index in [0.29, 0.717) is 11.5 Å². The molecule has 2 rings (SSSR count). The lowest BCUT2D eigenvalue weighted by atomic mass is 10.1. The minimum absolute atomic E-state index is 0.0465. The smallest absolute Gasteiger partial charge is 0.259 e. The number of hydrogen-bond donors (Lipinski definition) is 1. The van der Waals surface area contributed by atoms with Gasteiger partial charge in [-0.2, -0.15) is 0 Å². The molecule has 0 radical (unpaired) electrons. The number of carbonyl (C=O) groups is 1. The fourth-order valence-corrected chi connectivity index (χ4v) is 2.10. The molecule has 0 bridgehead atoms. The van der Waals surface area contributed by atoms with Gasteiger partial charge in [0.15, 0.2) is 21.8 Å². The maximum Gasteiger partial charge on any atom is 0.259 e. The van der Waals surface area contributed by atoms with Gasteiger partial charge in [0.1, 0.15) is 12.0 Å². The van der Waals surface area contributed by atoms with E-state index >= 15 is 0 Å². The van der Waals surface area contributed by atoms with E-state index in [1.807, 2.05) is 0 Å². The monoisotopic (exact) mass is 327 g/mol. The molecule has 2 aromatic rings. The highest BCUT2D eigenvalue weighted by atomic mass is 35.5. The third-order valence-electron chi connectivity index (χ3n) is 2.64. The molecule has 110 valence electrons. The lowest BCUT2D eigenvalue weighted by Crippen LogP contribution is -2.15. The predicted molar refractivity (Wildman–Crippen MR) is 79.6 cm³/mol. The number of methoxy groups -OCH3 is 2. The van der Waals surface area contributed by atoms with E-state index in [-0.39, 0.29) is 21.6 Å². The van der Waals surface area contributed by atoms with Crippen LogP contribution in [-0.2, 0) is 0 Å². The van der Waals surface area contributed by atoms with Crippen LogP contribution in [0.3, 0.4) is 0 Å². The Labute approximate surface area is 131 Å². The van der Waals surface area contributed by atoms with Gasteiger partial charge in [-0.3, -0.25) is 4.79 Å². The number of ether oxygens (including phenoxy) is 2. The van der Waals surface area contributed by atoms with Gasteiger partial charge >= 0.3 is 0 Å². The van der Waals surface area contributed by atoms with Gasteiger partial charge in [-0.05, 0) is 12.1 Å². The molecule has 0 saturated heterocycles. The molecule has 1 amide bonds. The van der Waals surface area contributed by atoms with Crippen molar-refractivity contribution in [3.63, 3.8) is 0 Å². The molecule has 0 saturated carbocycles. The fraction of sp³-hybridized carbons (Fsp3) is 0.154. The molecule has 0 aliphatic carbocycles. The SMILES string of the molecule is COc1cccc(C(=O)Nc2c(Cl)ncnc2Cl)c1OC. The van der Waals surface area contributed by atoms with Crippen LogP contribution >= 0.6 is 23.2 Å². The molecule has 0 atom stereocenters. The molecule has 0 aliphatic heterocycles. The minimum Gasteiger partial charge on any atom is -0.493 e. The number of aromatic nitrogens is 2. The van der Waals surface area contributed by atoms with Crippen LogP contribution in [0.4, 0.5) is 5.69 Å². The Morgan fingerprint density at radius 2 is 1.81 bits per heavy atom. The molecule has 0 spiro atoms. The van der Waals surface area contributed by atoms with Crippen LogP contribution in [-0.4, -0.2) is 30.1 Å². The Hall–Kier alpha value is -2.05.